The fourth-order valence-electron chi connectivity index (χ4n) is 1.83. The van der Waals surface area contributed by atoms with Gasteiger partial charge in [-0.1, -0.05) is 0 Å². The van der Waals surface area contributed by atoms with Crippen LogP contribution in [0.5, 0.6) is 11.5 Å². The molecule has 11 heteroatoms. The Kier molecular flexibility index (Phi) is 9.00. The van der Waals surface area contributed by atoms with Gasteiger partial charge in [-0.05, 0) is 24.6 Å². The van der Waals surface area contributed by atoms with Crippen LogP contribution in [0.15, 0.2) is 17.1 Å². The minimum atomic E-state index is -2.26. The Labute approximate surface area is 164 Å². The summed E-state index contributed by atoms with van der Waals surface area (Å²) in [5.41, 5.74) is -0.977. The molecule has 0 spiro atoms. The Hall–Kier alpha value is -1.18. The summed E-state index contributed by atoms with van der Waals surface area (Å²) in [4.78, 5) is 3.28. The fourth-order valence-corrected chi connectivity index (χ4v) is 1.83. The van der Waals surface area contributed by atoms with E-state index < -0.39 is 55.6 Å². The van der Waals surface area contributed by atoms with E-state index in [2.05, 4.69) is 4.99 Å². The summed E-state index contributed by atoms with van der Waals surface area (Å²) in [5, 5.41) is 9.84. The van der Waals surface area contributed by atoms with E-state index in [9.17, 15) is 27.1 Å². The van der Waals surface area contributed by atoms with E-state index in [-0.39, 0.29) is 11.3 Å². The molecule has 0 amide bonds. The minimum absolute atomic E-state index is 0.00853. The van der Waals surface area contributed by atoms with Crippen molar-refractivity contribution in [2.45, 2.75) is 6.92 Å². The fraction of sp³-hybridized carbons (Fsp3) is 0.133. The van der Waals surface area contributed by atoms with Gasteiger partial charge in [0.1, 0.15) is 17.2 Å². The molecule has 0 aromatic heterocycles. The van der Waals surface area contributed by atoms with Crippen molar-refractivity contribution in [1.82, 2.24) is 0 Å². The Morgan fingerprint density at radius 3 is 1.92 bits per heavy atom. The first-order chi connectivity index (χ1) is 12.2. The number of aromatic hydroxyl groups is 1. The molecule has 0 heterocycles. The molecule has 2 rings (SSSR count). The van der Waals surface area contributed by atoms with Crippen molar-refractivity contribution in [3.8, 4) is 11.5 Å². The molecule has 3 nitrogen and oxygen atoms in total. The van der Waals surface area contributed by atoms with Gasteiger partial charge < -0.3 is 9.84 Å². The summed E-state index contributed by atoms with van der Waals surface area (Å²) in [7, 11) is 11.2. The van der Waals surface area contributed by atoms with Crippen molar-refractivity contribution < 1.29 is 52.6 Å². The van der Waals surface area contributed by atoms with Crippen LogP contribution in [-0.4, -0.2) is 18.4 Å². The zero-order valence-electron chi connectivity index (χ0n) is 13.2. The number of hydrogen-bond donors (Lipinski definition) is 1. The summed E-state index contributed by atoms with van der Waals surface area (Å²) in [5.74, 6) is -10.5. The topological polar surface area (TPSA) is 41.8 Å². The van der Waals surface area contributed by atoms with E-state index in [0.29, 0.717) is 11.3 Å². The molecule has 1 N–H and O–H groups in total. The number of benzene rings is 2. The zero-order chi connectivity index (χ0) is 20.0. The molecule has 0 radical (unpaired) electrons. The van der Waals surface area contributed by atoms with Crippen LogP contribution in [0.4, 0.5) is 27.6 Å². The van der Waals surface area contributed by atoms with Crippen LogP contribution in [0.3, 0.4) is 0 Å². The van der Waals surface area contributed by atoms with Gasteiger partial charge in [0.2, 0.25) is 5.82 Å². The molecule has 0 aliphatic carbocycles. The molecule has 0 saturated carbocycles. The number of ether oxygens (including phenoxy) is 1. The molecule has 0 aliphatic rings. The van der Waals surface area contributed by atoms with Crippen molar-refractivity contribution in [1.29, 1.82) is 0 Å². The van der Waals surface area contributed by atoms with Crippen molar-refractivity contribution in [2.75, 3.05) is 7.11 Å². The number of phenolic OH excluding ortho intramolecular Hbond substituents is 1. The summed E-state index contributed by atoms with van der Waals surface area (Å²) in [6.07, 6.45) is 0.781. The normalized spacial score (nSPS) is 10.5. The van der Waals surface area contributed by atoms with Gasteiger partial charge in [-0.15, -0.1) is 0 Å². The van der Waals surface area contributed by atoms with E-state index >= 15 is 0 Å². The van der Waals surface area contributed by atoms with E-state index in [1.807, 2.05) is 0 Å². The molecule has 0 saturated heterocycles. The van der Waals surface area contributed by atoms with E-state index in [1.54, 1.807) is 0 Å². The van der Waals surface area contributed by atoms with Crippen LogP contribution in [-0.2, 0) is 20.8 Å². The Morgan fingerprint density at radius 1 is 1.00 bits per heavy atom. The summed E-state index contributed by atoms with van der Waals surface area (Å²) in [6.45, 7) is 1.54. The molecule has 0 unspecified atom stereocenters. The maximum absolute atomic E-state index is 13.5. The van der Waals surface area contributed by atoms with Gasteiger partial charge in [-0.2, -0.15) is 0 Å². The molecule has 26 heavy (non-hydrogen) atoms. The third kappa shape index (κ3) is 5.18. The van der Waals surface area contributed by atoms with E-state index in [0.717, 1.165) is 6.21 Å². The monoisotopic (exact) mass is 491 g/mol. The summed E-state index contributed by atoms with van der Waals surface area (Å²) >= 11 is -0.826. The Morgan fingerprint density at radius 2 is 1.46 bits per heavy atom. The van der Waals surface area contributed by atoms with Crippen molar-refractivity contribution in [3.05, 3.63) is 52.3 Å². The van der Waals surface area contributed by atoms with Gasteiger partial charge in [0.05, 0.1) is 7.11 Å². The molecule has 2 aromatic carbocycles. The van der Waals surface area contributed by atoms with Crippen LogP contribution >= 0.6 is 17.0 Å². The van der Waals surface area contributed by atoms with Crippen LogP contribution in [0.1, 0.15) is 11.1 Å². The van der Waals surface area contributed by atoms with Crippen molar-refractivity contribution in [3.63, 3.8) is 0 Å². The molecule has 0 aliphatic heterocycles. The molecular weight excluding hydrogens is 483 g/mol. The second-order valence-corrected chi connectivity index (χ2v) is 8.36. The predicted molar refractivity (Wildman–Crippen MR) is 84.6 cm³/mol. The first-order valence-corrected chi connectivity index (χ1v) is 12.9. The first kappa shape index (κ1) is 22.9. The van der Waals surface area contributed by atoms with Crippen molar-refractivity contribution in [2.24, 2.45) is 4.99 Å². The number of hydrogen-bond acceptors (Lipinski definition) is 3. The third-order valence-electron chi connectivity index (χ3n) is 3.06. The van der Waals surface area contributed by atoms with Crippen LogP contribution < -0.4 is 4.74 Å². The number of rotatable bonds is 3. The molecule has 0 fully saturated rings. The summed E-state index contributed by atoms with van der Waals surface area (Å²) < 4.78 is 71.1. The maximum atomic E-state index is 13.5. The van der Waals surface area contributed by atoms with Crippen LogP contribution in [0.2, 0.25) is 0 Å². The second-order valence-electron chi connectivity index (χ2n) is 4.63. The average molecular weight is 493 g/mol. The second kappa shape index (κ2) is 10.2. The zero-order valence-corrected chi connectivity index (χ0v) is 17.2. The number of aryl methyl sites for hydroxylation is 1. The number of phenols is 1. The molecule has 2 aromatic rings. The Balaban J connectivity index is 0.00000105. The first-order valence-electron chi connectivity index (χ1n) is 6.58. The standard InChI is InChI=1S/C15H10F5NO2.2ClH.Zr/c1-6-3-8(23-2)4-7(15(6)22)5-21-14-12(19)10(17)9(16)11(18)13(14)20;;;/h3-5,22H,1-2H3;2*1H;/q;;;+2/p-2. The van der Waals surface area contributed by atoms with Gasteiger partial charge in [-0.25, -0.2) is 26.9 Å². The number of aliphatic imine (C=N–C) groups is 1. The van der Waals surface area contributed by atoms with E-state index in [1.165, 1.54) is 26.2 Å². The molecule has 0 bridgehead atoms. The van der Waals surface area contributed by atoms with Gasteiger partial charge in [0.15, 0.2) is 23.3 Å². The Bertz CT molecular complexity index is 807. The van der Waals surface area contributed by atoms with Gasteiger partial charge in [0, 0.05) is 11.8 Å². The molecule has 0 atom stereocenters. The summed E-state index contributed by atoms with van der Waals surface area (Å²) in [6, 6.07) is 2.78. The van der Waals surface area contributed by atoms with Crippen LogP contribution in [0, 0.1) is 36.0 Å². The van der Waals surface area contributed by atoms with Gasteiger partial charge >= 0.3 is 37.9 Å². The van der Waals surface area contributed by atoms with Gasteiger partial charge in [0.25, 0.3) is 0 Å². The van der Waals surface area contributed by atoms with Crippen LogP contribution in [0.25, 0.3) is 0 Å². The quantitative estimate of drug-likeness (QED) is 0.265. The average Bonchev–Trinajstić information content (AvgIpc) is 2.62. The third-order valence-corrected chi connectivity index (χ3v) is 3.06. The van der Waals surface area contributed by atoms with E-state index in [4.69, 9.17) is 21.8 Å². The van der Waals surface area contributed by atoms with Gasteiger partial charge in [-0.3, -0.25) is 0 Å². The predicted octanol–water partition coefficient (Wildman–Crippen LogP) is 5.53. The number of nitrogens with zero attached hydrogens (tertiary/aromatic N) is 1. The number of halogens is 7. The SMILES string of the molecule is COc1cc(C)c(O)c(C=Nc2c(F)c(F)c(F)c(F)c2F)c1.[Cl][Zr][Cl]. The number of methoxy groups -OCH3 is 1. The molecular formula is C15H10Cl2F5NO2Zr. The molecule has 140 valence electrons. The van der Waals surface area contributed by atoms with Crippen molar-refractivity contribution >= 4 is 28.9 Å².